The fourth-order valence-corrected chi connectivity index (χ4v) is 0.794. The van der Waals surface area contributed by atoms with Gasteiger partial charge >= 0.3 is 0 Å². The maximum absolute atomic E-state index is 8.98. The number of aliphatic hydroxyl groups excluding tert-OH is 1. The van der Waals surface area contributed by atoms with Crippen LogP contribution >= 0.6 is 0 Å². The summed E-state index contributed by atoms with van der Waals surface area (Å²) in [6.07, 6.45) is 3.58. The van der Waals surface area contributed by atoms with E-state index in [9.17, 15) is 0 Å². The van der Waals surface area contributed by atoms with Gasteiger partial charge in [0, 0.05) is 18.3 Å². The molecule has 0 aliphatic heterocycles. The minimum atomic E-state index is 0.0647. The van der Waals surface area contributed by atoms with E-state index in [0.29, 0.717) is 6.54 Å². The van der Waals surface area contributed by atoms with Crippen LogP contribution in [-0.2, 0) is 6.54 Å². The zero-order chi connectivity index (χ0) is 8.27. The van der Waals surface area contributed by atoms with E-state index in [-0.39, 0.29) is 11.7 Å². The van der Waals surface area contributed by atoms with E-state index in [4.69, 9.17) is 5.11 Å². The van der Waals surface area contributed by atoms with Crippen molar-refractivity contribution in [1.29, 1.82) is 0 Å². The molecule has 1 aromatic rings. The van der Waals surface area contributed by atoms with E-state index in [2.05, 4.69) is 11.7 Å². The second-order valence-corrected chi connectivity index (χ2v) is 2.62. The molecule has 11 heavy (non-hydrogen) atoms. The van der Waals surface area contributed by atoms with Crippen molar-refractivity contribution < 1.29 is 5.11 Å². The molecule has 3 heteroatoms. The third kappa shape index (κ3) is 2.11. The lowest BCUT2D eigenvalue weighted by Gasteiger charge is -2.08. The van der Waals surface area contributed by atoms with Gasteiger partial charge in [0.25, 0.3) is 0 Å². The summed E-state index contributed by atoms with van der Waals surface area (Å²) in [6, 6.07) is 1.85. The summed E-state index contributed by atoms with van der Waals surface area (Å²) < 4.78 is 1.77. The molecule has 0 saturated carbocycles. The Kier molecular flexibility index (Phi) is 2.31. The number of aromatic nitrogens is 2. The number of allylic oxidation sites excluding steroid dienone is 1. The van der Waals surface area contributed by atoms with Crippen LogP contribution in [0.4, 0.5) is 0 Å². The van der Waals surface area contributed by atoms with E-state index >= 15 is 0 Å². The first-order valence-electron chi connectivity index (χ1n) is 3.55. The summed E-state index contributed by atoms with van der Waals surface area (Å²) in [5, 5.41) is 13.0. The van der Waals surface area contributed by atoms with Crippen molar-refractivity contribution >= 4 is 0 Å². The zero-order valence-corrected chi connectivity index (χ0v) is 6.57. The van der Waals surface area contributed by atoms with Gasteiger partial charge in [-0.05, 0) is 6.07 Å². The fraction of sp³-hybridized carbons (Fsp3) is 0.375. The second-order valence-electron chi connectivity index (χ2n) is 2.62. The summed E-state index contributed by atoms with van der Waals surface area (Å²) in [7, 11) is 0. The zero-order valence-electron chi connectivity index (χ0n) is 6.57. The van der Waals surface area contributed by atoms with Crippen molar-refractivity contribution in [3.63, 3.8) is 0 Å². The Morgan fingerprint density at radius 3 is 3.00 bits per heavy atom. The number of nitrogens with zero attached hydrogens (tertiary/aromatic N) is 2. The van der Waals surface area contributed by atoms with Gasteiger partial charge in [0.15, 0.2) is 0 Å². The van der Waals surface area contributed by atoms with Crippen LogP contribution in [0, 0.1) is 5.92 Å². The lowest BCUT2D eigenvalue weighted by Crippen LogP contribution is -2.09. The smallest absolute Gasteiger partial charge is 0.0897 e. The predicted molar refractivity (Wildman–Crippen MR) is 43.2 cm³/mol. The highest BCUT2D eigenvalue weighted by Gasteiger charge is 2.04. The van der Waals surface area contributed by atoms with E-state index in [1.54, 1.807) is 10.9 Å². The van der Waals surface area contributed by atoms with Crippen LogP contribution in [0.3, 0.4) is 0 Å². The van der Waals surface area contributed by atoms with E-state index in [1.807, 2.05) is 19.2 Å². The fourth-order valence-electron chi connectivity index (χ4n) is 0.794. The molecule has 1 rings (SSSR count). The van der Waals surface area contributed by atoms with Crippen molar-refractivity contribution in [2.75, 3.05) is 0 Å². The molecule has 0 aliphatic carbocycles. The Labute approximate surface area is 66.0 Å². The van der Waals surface area contributed by atoms with Crippen molar-refractivity contribution in [2.45, 2.75) is 13.5 Å². The first-order valence-corrected chi connectivity index (χ1v) is 3.55. The summed E-state index contributed by atoms with van der Waals surface area (Å²) in [5.41, 5.74) is 0. The lowest BCUT2D eigenvalue weighted by atomic mass is 10.1. The molecule has 0 aliphatic rings. The molecule has 0 bridgehead atoms. The van der Waals surface area contributed by atoms with Crippen molar-refractivity contribution in [3.8, 4) is 0 Å². The normalized spacial score (nSPS) is 12.8. The van der Waals surface area contributed by atoms with Gasteiger partial charge in [0.2, 0.25) is 0 Å². The van der Waals surface area contributed by atoms with Crippen LogP contribution in [0.15, 0.2) is 30.8 Å². The largest absolute Gasteiger partial charge is 0.513 e. The van der Waals surface area contributed by atoms with Gasteiger partial charge in [0.1, 0.15) is 0 Å². The van der Waals surface area contributed by atoms with E-state index in [0.717, 1.165) is 0 Å². The Morgan fingerprint density at radius 2 is 2.55 bits per heavy atom. The third-order valence-corrected chi connectivity index (χ3v) is 1.59. The van der Waals surface area contributed by atoms with Crippen LogP contribution in [0.1, 0.15) is 6.92 Å². The highest BCUT2D eigenvalue weighted by Crippen LogP contribution is 2.06. The van der Waals surface area contributed by atoms with Crippen molar-refractivity contribution in [2.24, 2.45) is 5.92 Å². The van der Waals surface area contributed by atoms with E-state index < -0.39 is 0 Å². The topological polar surface area (TPSA) is 38.0 Å². The average molecular weight is 152 g/mol. The monoisotopic (exact) mass is 152 g/mol. The molecule has 60 valence electrons. The molecule has 1 N–H and O–H groups in total. The molecule has 1 unspecified atom stereocenters. The SMILES string of the molecule is C=C(O)C(C)Cn1cccn1. The van der Waals surface area contributed by atoms with Crippen molar-refractivity contribution in [1.82, 2.24) is 9.78 Å². The summed E-state index contributed by atoms with van der Waals surface area (Å²) >= 11 is 0. The maximum Gasteiger partial charge on any atom is 0.0897 e. The molecule has 0 aromatic carbocycles. The molecule has 1 heterocycles. The Morgan fingerprint density at radius 1 is 1.82 bits per heavy atom. The molecule has 1 aromatic heterocycles. The first-order chi connectivity index (χ1) is 5.20. The van der Waals surface area contributed by atoms with Crippen LogP contribution in [0.5, 0.6) is 0 Å². The van der Waals surface area contributed by atoms with Gasteiger partial charge in [-0.25, -0.2) is 0 Å². The molecule has 0 fully saturated rings. The second kappa shape index (κ2) is 3.23. The molecule has 0 saturated heterocycles. The number of hydrogen-bond acceptors (Lipinski definition) is 2. The molecule has 0 amide bonds. The number of aliphatic hydroxyl groups is 1. The predicted octanol–water partition coefficient (Wildman–Crippen LogP) is 1.59. The van der Waals surface area contributed by atoms with Crippen LogP contribution in [0.25, 0.3) is 0 Å². The quantitative estimate of drug-likeness (QED) is 0.668. The minimum Gasteiger partial charge on any atom is -0.513 e. The lowest BCUT2D eigenvalue weighted by molar-refractivity contribution is 0.317. The van der Waals surface area contributed by atoms with Crippen LogP contribution in [0.2, 0.25) is 0 Å². The molecular weight excluding hydrogens is 140 g/mol. The highest BCUT2D eigenvalue weighted by molar-refractivity contribution is 4.87. The Balaban J connectivity index is 2.50. The van der Waals surface area contributed by atoms with Gasteiger partial charge < -0.3 is 5.11 Å². The average Bonchev–Trinajstić information content (AvgIpc) is 2.39. The molecule has 0 radical (unpaired) electrons. The van der Waals surface area contributed by atoms with E-state index in [1.165, 1.54) is 0 Å². The molecular formula is C8H12N2O. The van der Waals surface area contributed by atoms with Gasteiger partial charge in [-0.2, -0.15) is 5.10 Å². The third-order valence-electron chi connectivity index (χ3n) is 1.59. The summed E-state index contributed by atoms with van der Waals surface area (Å²) in [6.45, 7) is 6.04. The van der Waals surface area contributed by atoms with Gasteiger partial charge in [-0.1, -0.05) is 13.5 Å². The standard InChI is InChI=1S/C8H12N2O/c1-7(8(2)11)6-10-5-3-4-9-10/h3-5,7,11H,2,6H2,1H3. The van der Waals surface area contributed by atoms with Gasteiger partial charge in [-0.15, -0.1) is 0 Å². The van der Waals surface area contributed by atoms with Gasteiger partial charge in [0.05, 0.1) is 12.3 Å². The number of hydrogen-bond donors (Lipinski definition) is 1. The molecule has 3 nitrogen and oxygen atoms in total. The van der Waals surface area contributed by atoms with Crippen LogP contribution in [-0.4, -0.2) is 14.9 Å². The Hall–Kier alpha value is -1.25. The van der Waals surface area contributed by atoms with Gasteiger partial charge in [-0.3, -0.25) is 4.68 Å². The minimum absolute atomic E-state index is 0.0647. The Bertz CT molecular complexity index is 228. The van der Waals surface area contributed by atoms with Crippen molar-refractivity contribution in [3.05, 3.63) is 30.8 Å². The number of rotatable bonds is 3. The summed E-state index contributed by atoms with van der Waals surface area (Å²) in [4.78, 5) is 0. The highest BCUT2D eigenvalue weighted by atomic mass is 16.3. The maximum atomic E-state index is 8.98. The van der Waals surface area contributed by atoms with Crippen LogP contribution < -0.4 is 0 Å². The molecule has 0 spiro atoms. The first kappa shape index (κ1) is 7.85. The summed E-state index contributed by atoms with van der Waals surface area (Å²) in [5.74, 6) is 0.274. The molecule has 1 atom stereocenters.